The summed E-state index contributed by atoms with van der Waals surface area (Å²) in [7, 11) is -3.35. The van der Waals surface area contributed by atoms with E-state index >= 15 is 0 Å². The van der Waals surface area contributed by atoms with E-state index in [1.165, 1.54) is 12.5 Å². The number of hydrogen-bond donors (Lipinski definition) is 3. The van der Waals surface area contributed by atoms with Crippen molar-refractivity contribution in [3.05, 3.63) is 96.3 Å². The first kappa shape index (κ1) is 26.1. The molecule has 0 spiro atoms. The van der Waals surface area contributed by atoms with Crippen molar-refractivity contribution in [1.29, 1.82) is 0 Å². The molecular formula is C29H25N5O3S. The number of amides is 1. The minimum atomic E-state index is -3.35. The van der Waals surface area contributed by atoms with Gasteiger partial charge in [0.2, 0.25) is 0 Å². The number of benzene rings is 3. The molecule has 0 unspecified atom stereocenters. The number of carbonyl (C=O) groups excluding carboxylic acids is 1. The van der Waals surface area contributed by atoms with Crippen molar-refractivity contribution in [2.75, 3.05) is 22.2 Å². The van der Waals surface area contributed by atoms with E-state index < -0.39 is 9.84 Å². The molecule has 38 heavy (non-hydrogen) atoms. The fraction of sp³-hybridized carbons (Fsp3) is 0.0690. The van der Waals surface area contributed by atoms with Crippen LogP contribution in [0.25, 0.3) is 10.9 Å². The monoisotopic (exact) mass is 523 g/mol. The number of rotatable bonds is 8. The molecule has 0 fully saturated rings. The molecule has 1 heterocycles. The van der Waals surface area contributed by atoms with E-state index in [-0.39, 0.29) is 10.8 Å². The van der Waals surface area contributed by atoms with Crippen molar-refractivity contribution in [3.8, 4) is 12.5 Å². The summed E-state index contributed by atoms with van der Waals surface area (Å²) in [6.07, 6.45) is 11.2. The summed E-state index contributed by atoms with van der Waals surface area (Å²) >= 11 is 0. The average Bonchev–Trinajstić information content (AvgIpc) is 2.90. The Morgan fingerprint density at radius 3 is 2.26 bits per heavy atom. The third-order valence-corrected chi connectivity index (χ3v) is 6.64. The molecule has 0 bridgehead atoms. The van der Waals surface area contributed by atoms with Crippen LogP contribution < -0.4 is 16.0 Å². The molecule has 1 amide bonds. The fourth-order valence-electron chi connectivity index (χ4n) is 3.63. The maximum absolute atomic E-state index is 12.7. The molecule has 4 aromatic rings. The Morgan fingerprint density at radius 1 is 0.947 bits per heavy atom. The van der Waals surface area contributed by atoms with Gasteiger partial charge in [-0.1, -0.05) is 6.42 Å². The van der Waals surface area contributed by atoms with Gasteiger partial charge >= 0.3 is 0 Å². The Hall–Kier alpha value is -4.94. The highest BCUT2D eigenvalue weighted by Crippen LogP contribution is 2.27. The number of nitrogens with one attached hydrogen (secondary N) is 3. The average molecular weight is 524 g/mol. The molecule has 0 aliphatic rings. The van der Waals surface area contributed by atoms with Crippen LogP contribution in [0.2, 0.25) is 0 Å². The van der Waals surface area contributed by atoms with Gasteiger partial charge in [-0.05, 0) is 85.8 Å². The minimum Gasteiger partial charge on any atom is -0.359 e. The molecule has 0 radical (unpaired) electrons. The number of terminal acetylenes is 1. The lowest BCUT2D eigenvalue weighted by Gasteiger charge is -2.12. The Labute approximate surface area is 221 Å². The van der Waals surface area contributed by atoms with E-state index in [9.17, 15) is 13.2 Å². The molecule has 0 atom stereocenters. The predicted octanol–water partition coefficient (Wildman–Crippen LogP) is 5.61. The lowest BCUT2D eigenvalue weighted by atomic mass is 10.1. The largest absolute Gasteiger partial charge is 0.359 e. The smallest absolute Gasteiger partial charge is 0.255 e. The normalized spacial score (nSPS) is 11.8. The highest BCUT2D eigenvalue weighted by Gasteiger charge is 2.11. The maximum atomic E-state index is 12.7. The number of pyridine rings is 1. The lowest BCUT2D eigenvalue weighted by molar-refractivity contribution is 0.102. The van der Waals surface area contributed by atoms with E-state index in [1.54, 1.807) is 72.9 Å². The van der Waals surface area contributed by atoms with Crippen molar-refractivity contribution in [3.63, 3.8) is 0 Å². The Bertz CT molecular complexity index is 1690. The third-order valence-electron chi connectivity index (χ3n) is 5.53. The van der Waals surface area contributed by atoms with Gasteiger partial charge in [-0.2, -0.15) is 0 Å². The van der Waals surface area contributed by atoms with Gasteiger partial charge in [-0.3, -0.25) is 9.78 Å². The Kier molecular flexibility index (Phi) is 7.85. The number of carbonyl (C=O) groups is 1. The third kappa shape index (κ3) is 6.63. The van der Waals surface area contributed by atoms with Gasteiger partial charge in [-0.25, -0.2) is 13.4 Å². The first-order chi connectivity index (χ1) is 18.2. The second kappa shape index (κ2) is 11.4. The number of sulfone groups is 1. The number of nitrogens with zero attached hydrogens (tertiary/aromatic N) is 2. The van der Waals surface area contributed by atoms with Gasteiger partial charge in [-0.15, -0.1) is 0 Å². The number of aromatic nitrogens is 1. The number of anilines is 4. The standard InChI is InChI=1S/C29H25N5O3S/c1-4-30-17-15-20(2)32-22-9-11-24(12-10-22)34-29(35)21-5-7-23(8-6-21)33-28-16-18-31-27-14-13-25(19-26(27)28)38(3,36)37/h1,5-19,32H,2-3H3,(H,31,33)(H,34,35)/b20-15+,30-17?. The van der Waals surface area contributed by atoms with Crippen molar-refractivity contribution in [2.45, 2.75) is 11.8 Å². The molecular weight excluding hydrogens is 498 g/mol. The van der Waals surface area contributed by atoms with E-state index in [1.807, 2.05) is 19.1 Å². The summed E-state index contributed by atoms with van der Waals surface area (Å²) in [5.74, 6) is -0.244. The molecule has 8 nitrogen and oxygen atoms in total. The minimum absolute atomic E-state index is 0.220. The predicted molar refractivity (Wildman–Crippen MR) is 154 cm³/mol. The summed E-state index contributed by atoms with van der Waals surface area (Å²) in [5.41, 5.74) is 4.98. The summed E-state index contributed by atoms with van der Waals surface area (Å²) < 4.78 is 24.0. The van der Waals surface area contributed by atoms with E-state index in [2.05, 4.69) is 32.0 Å². The second-order valence-electron chi connectivity index (χ2n) is 8.43. The quantitative estimate of drug-likeness (QED) is 0.204. The molecule has 3 aromatic carbocycles. The van der Waals surface area contributed by atoms with Crippen LogP contribution in [-0.4, -0.2) is 31.8 Å². The van der Waals surface area contributed by atoms with Crippen LogP contribution in [0, 0.1) is 12.5 Å². The van der Waals surface area contributed by atoms with Crippen LogP contribution in [0.4, 0.5) is 22.7 Å². The fourth-order valence-corrected chi connectivity index (χ4v) is 4.27. The molecule has 0 saturated carbocycles. The molecule has 1 aromatic heterocycles. The van der Waals surface area contributed by atoms with Crippen LogP contribution >= 0.6 is 0 Å². The molecule has 4 rings (SSSR count). The number of aliphatic imine (C=N–C) groups is 1. The van der Waals surface area contributed by atoms with Gasteiger partial charge in [0.25, 0.3) is 5.91 Å². The van der Waals surface area contributed by atoms with Crippen molar-refractivity contribution in [1.82, 2.24) is 4.98 Å². The molecule has 3 N–H and O–H groups in total. The van der Waals surface area contributed by atoms with E-state index in [0.29, 0.717) is 27.8 Å². The first-order valence-electron chi connectivity index (χ1n) is 11.5. The molecule has 9 heteroatoms. The highest BCUT2D eigenvalue weighted by molar-refractivity contribution is 7.90. The van der Waals surface area contributed by atoms with Crippen molar-refractivity contribution < 1.29 is 13.2 Å². The number of hydrogen-bond acceptors (Lipinski definition) is 7. The molecule has 0 aliphatic heterocycles. The highest BCUT2D eigenvalue weighted by atomic mass is 32.2. The van der Waals surface area contributed by atoms with Gasteiger partial charge < -0.3 is 16.0 Å². The summed E-state index contributed by atoms with van der Waals surface area (Å²) in [4.78, 5) is 21.0. The second-order valence-corrected chi connectivity index (χ2v) is 10.4. The Balaban J connectivity index is 1.43. The van der Waals surface area contributed by atoms with Gasteiger partial charge in [0, 0.05) is 64.1 Å². The zero-order valence-electron chi connectivity index (χ0n) is 20.8. The first-order valence-corrected chi connectivity index (χ1v) is 13.4. The molecule has 190 valence electrons. The lowest BCUT2D eigenvalue weighted by Crippen LogP contribution is -2.11. The molecule has 0 saturated heterocycles. The zero-order chi connectivity index (χ0) is 27.1. The van der Waals surface area contributed by atoms with Crippen LogP contribution in [-0.2, 0) is 9.84 Å². The van der Waals surface area contributed by atoms with Crippen LogP contribution in [0.3, 0.4) is 0 Å². The number of allylic oxidation sites excluding steroid dienone is 2. The van der Waals surface area contributed by atoms with Crippen molar-refractivity contribution in [2.24, 2.45) is 4.99 Å². The van der Waals surface area contributed by atoms with Crippen LogP contribution in [0.1, 0.15) is 17.3 Å². The van der Waals surface area contributed by atoms with Gasteiger partial charge in [0.05, 0.1) is 10.4 Å². The SMILES string of the molecule is C#CN=C/C=C(\C)Nc1ccc(NC(=O)c2ccc(Nc3ccnc4ccc(S(C)(=O)=O)cc34)cc2)cc1. The number of fused-ring (bicyclic) bond motifs is 1. The maximum Gasteiger partial charge on any atom is 0.255 e. The zero-order valence-corrected chi connectivity index (χ0v) is 21.6. The molecule has 0 aliphatic carbocycles. The van der Waals surface area contributed by atoms with Gasteiger partial charge in [0.1, 0.15) is 0 Å². The summed E-state index contributed by atoms with van der Waals surface area (Å²) in [6, 6.07) is 23.1. The van der Waals surface area contributed by atoms with Gasteiger partial charge in [0.15, 0.2) is 9.84 Å². The van der Waals surface area contributed by atoms with E-state index in [4.69, 9.17) is 6.42 Å². The van der Waals surface area contributed by atoms with Crippen molar-refractivity contribution >= 4 is 55.6 Å². The summed E-state index contributed by atoms with van der Waals surface area (Å²) in [5, 5.41) is 10.1. The summed E-state index contributed by atoms with van der Waals surface area (Å²) in [6.45, 7) is 1.89. The Morgan fingerprint density at radius 2 is 1.61 bits per heavy atom. The van der Waals surface area contributed by atoms with Crippen LogP contribution in [0.15, 0.2) is 101 Å². The van der Waals surface area contributed by atoms with Crippen LogP contribution in [0.5, 0.6) is 0 Å². The van der Waals surface area contributed by atoms with E-state index in [0.717, 1.165) is 17.1 Å². The topological polar surface area (TPSA) is 113 Å².